The van der Waals surface area contributed by atoms with Crippen LogP contribution in [0.25, 0.3) is 0 Å². The van der Waals surface area contributed by atoms with Crippen molar-refractivity contribution in [3.63, 3.8) is 0 Å². The number of rotatable bonds is 5. The number of methoxy groups -OCH3 is 1. The first-order chi connectivity index (χ1) is 13.7. The molecule has 0 spiro atoms. The molecule has 4 rings (SSSR count). The van der Waals surface area contributed by atoms with Crippen LogP contribution in [0, 0.1) is 0 Å². The molecule has 5 nitrogen and oxygen atoms in total. The van der Waals surface area contributed by atoms with Crippen LogP contribution >= 0.6 is 0 Å². The summed E-state index contributed by atoms with van der Waals surface area (Å²) in [6.07, 6.45) is 1.59. The maximum Gasteiger partial charge on any atom is 0.223 e. The fourth-order valence-corrected chi connectivity index (χ4v) is 4.26. The first kappa shape index (κ1) is 18.7. The molecule has 146 valence electrons. The third-order valence-corrected chi connectivity index (χ3v) is 5.90. The fourth-order valence-electron chi connectivity index (χ4n) is 4.26. The summed E-state index contributed by atoms with van der Waals surface area (Å²) in [7, 11) is 1.60. The topological polar surface area (TPSA) is 49.9 Å². The highest BCUT2D eigenvalue weighted by Crippen LogP contribution is 2.32. The van der Waals surface area contributed by atoms with Gasteiger partial charge in [0.15, 0.2) is 5.78 Å². The molecule has 1 atom stereocenters. The van der Waals surface area contributed by atoms with Gasteiger partial charge in [0.05, 0.1) is 13.2 Å². The molecule has 1 amide bonds. The molecule has 0 saturated carbocycles. The molecule has 0 aliphatic carbocycles. The smallest absolute Gasteiger partial charge is 0.223 e. The molecule has 0 radical (unpaired) electrons. The average molecular weight is 378 g/mol. The minimum atomic E-state index is -0.00217. The third kappa shape index (κ3) is 3.80. The van der Waals surface area contributed by atoms with Crippen LogP contribution in [0.2, 0.25) is 0 Å². The van der Waals surface area contributed by atoms with Gasteiger partial charge >= 0.3 is 0 Å². The highest BCUT2D eigenvalue weighted by atomic mass is 16.5. The molecule has 0 bridgehead atoms. The summed E-state index contributed by atoms with van der Waals surface area (Å²) >= 11 is 0. The molecule has 0 N–H and O–H groups in total. The first-order valence-corrected chi connectivity index (χ1v) is 9.92. The number of carbonyl (C=O) groups excluding carboxylic acids is 2. The van der Waals surface area contributed by atoms with E-state index in [9.17, 15) is 9.59 Å². The molecule has 1 unspecified atom stereocenters. The fraction of sp³-hybridized carbons (Fsp3) is 0.391. The highest BCUT2D eigenvalue weighted by molar-refractivity contribution is 5.98. The number of amides is 1. The van der Waals surface area contributed by atoms with E-state index >= 15 is 0 Å². The lowest BCUT2D eigenvalue weighted by atomic mass is 9.91. The van der Waals surface area contributed by atoms with E-state index in [2.05, 4.69) is 29.2 Å². The van der Waals surface area contributed by atoms with E-state index in [0.717, 1.165) is 31.8 Å². The van der Waals surface area contributed by atoms with Gasteiger partial charge in [-0.05, 0) is 41.8 Å². The van der Waals surface area contributed by atoms with Crippen molar-refractivity contribution >= 4 is 11.7 Å². The van der Waals surface area contributed by atoms with E-state index in [1.54, 1.807) is 31.4 Å². The molecule has 2 aromatic carbocycles. The lowest BCUT2D eigenvalue weighted by Crippen LogP contribution is -2.52. The van der Waals surface area contributed by atoms with Crippen molar-refractivity contribution in [3.8, 4) is 5.75 Å². The zero-order chi connectivity index (χ0) is 19.5. The van der Waals surface area contributed by atoms with Crippen LogP contribution in [-0.2, 0) is 11.2 Å². The molecule has 2 aliphatic rings. The number of benzene rings is 2. The Kier molecular flexibility index (Phi) is 5.44. The van der Waals surface area contributed by atoms with Crippen LogP contribution in [0.1, 0.15) is 40.4 Å². The van der Waals surface area contributed by atoms with Crippen molar-refractivity contribution in [2.24, 2.45) is 0 Å². The van der Waals surface area contributed by atoms with Crippen molar-refractivity contribution in [3.05, 3.63) is 65.2 Å². The number of ether oxygens (including phenoxy) is 1. The van der Waals surface area contributed by atoms with Crippen molar-refractivity contribution in [1.29, 1.82) is 0 Å². The highest BCUT2D eigenvalue weighted by Gasteiger charge is 2.33. The normalized spacial score (nSPS) is 18.9. The molecule has 5 heteroatoms. The number of fused-ring (bicyclic) bond motifs is 3. The summed E-state index contributed by atoms with van der Waals surface area (Å²) in [5.41, 5.74) is 3.37. The van der Waals surface area contributed by atoms with Gasteiger partial charge in [-0.1, -0.05) is 24.3 Å². The molecule has 1 saturated heterocycles. The zero-order valence-corrected chi connectivity index (χ0v) is 16.3. The molecule has 0 aromatic heterocycles. The Morgan fingerprint density at radius 1 is 1.00 bits per heavy atom. The van der Waals surface area contributed by atoms with Gasteiger partial charge in [0, 0.05) is 44.6 Å². The van der Waals surface area contributed by atoms with E-state index in [0.29, 0.717) is 12.1 Å². The second-order valence-corrected chi connectivity index (χ2v) is 7.49. The van der Waals surface area contributed by atoms with Gasteiger partial charge in [-0.3, -0.25) is 14.5 Å². The van der Waals surface area contributed by atoms with E-state index in [-0.39, 0.29) is 30.6 Å². The lowest BCUT2D eigenvalue weighted by Gasteiger charge is -2.45. The maximum absolute atomic E-state index is 12.8. The number of ketones is 1. The first-order valence-electron chi connectivity index (χ1n) is 9.92. The minimum Gasteiger partial charge on any atom is -0.497 e. The third-order valence-electron chi connectivity index (χ3n) is 5.90. The van der Waals surface area contributed by atoms with Crippen LogP contribution in [0.4, 0.5) is 0 Å². The van der Waals surface area contributed by atoms with Gasteiger partial charge in [0.25, 0.3) is 0 Å². The summed E-state index contributed by atoms with van der Waals surface area (Å²) in [4.78, 5) is 29.6. The summed E-state index contributed by atoms with van der Waals surface area (Å²) < 4.78 is 5.12. The number of hydrogen-bond acceptors (Lipinski definition) is 4. The Morgan fingerprint density at radius 3 is 2.57 bits per heavy atom. The Labute approximate surface area is 165 Å². The molecular formula is C23H26N2O3. The predicted molar refractivity (Wildman–Crippen MR) is 108 cm³/mol. The van der Waals surface area contributed by atoms with Crippen molar-refractivity contribution < 1.29 is 14.3 Å². The van der Waals surface area contributed by atoms with Crippen LogP contribution in [0.15, 0.2) is 48.5 Å². The van der Waals surface area contributed by atoms with E-state index in [1.165, 1.54) is 11.1 Å². The van der Waals surface area contributed by atoms with Gasteiger partial charge < -0.3 is 9.64 Å². The second kappa shape index (κ2) is 8.15. The van der Waals surface area contributed by atoms with E-state index in [4.69, 9.17) is 4.74 Å². The van der Waals surface area contributed by atoms with Crippen molar-refractivity contribution in [2.75, 3.05) is 33.3 Å². The summed E-state index contributed by atoms with van der Waals surface area (Å²) in [6, 6.07) is 15.9. The van der Waals surface area contributed by atoms with Gasteiger partial charge in [0.2, 0.25) is 5.91 Å². The number of piperazine rings is 1. The Hall–Kier alpha value is -2.66. The molecule has 2 heterocycles. The summed E-state index contributed by atoms with van der Waals surface area (Å²) in [6.45, 7) is 3.41. The Balaban J connectivity index is 1.36. The van der Waals surface area contributed by atoms with Crippen molar-refractivity contribution in [2.45, 2.75) is 25.3 Å². The van der Waals surface area contributed by atoms with Gasteiger partial charge in [-0.15, -0.1) is 0 Å². The van der Waals surface area contributed by atoms with Crippen LogP contribution in [0.3, 0.4) is 0 Å². The predicted octanol–water partition coefficient (Wildman–Crippen LogP) is 3.10. The second-order valence-electron chi connectivity index (χ2n) is 7.49. The largest absolute Gasteiger partial charge is 0.497 e. The van der Waals surface area contributed by atoms with E-state index < -0.39 is 0 Å². The molecule has 28 heavy (non-hydrogen) atoms. The molecule has 2 aromatic rings. The minimum absolute atomic E-state index is 0.00217. The SMILES string of the molecule is COc1ccc(C(=O)CCC(=O)N2CCN3CCc4ccccc4C3C2)cc1. The number of hydrogen-bond donors (Lipinski definition) is 0. The Bertz CT molecular complexity index is 862. The zero-order valence-electron chi connectivity index (χ0n) is 16.3. The average Bonchev–Trinajstić information content (AvgIpc) is 2.76. The van der Waals surface area contributed by atoms with Gasteiger partial charge in [-0.25, -0.2) is 0 Å². The molecular weight excluding hydrogens is 352 g/mol. The Morgan fingerprint density at radius 2 is 1.79 bits per heavy atom. The monoisotopic (exact) mass is 378 g/mol. The molecule has 2 aliphatic heterocycles. The summed E-state index contributed by atoms with van der Waals surface area (Å²) in [5.74, 6) is 0.792. The van der Waals surface area contributed by atoms with Gasteiger partial charge in [-0.2, -0.15) is 0 Å². The quantitative estimate of drug-likeness (QED) is 0.750. The lowest BCUT2D eigenvalue weighted by molar-refractivity contribution is -0.134. The van der Waals surface area contributed by atoms with E-state index in [1.807, 2.05) is 4.90 Å². The van der Waals surface area contributed by atoms with Crippen LogP contribution in [-0.4, -0.2) is 54.8 Å². The standard InChI is InChI=1S/C23H26N2O3/c1-28-19-8-6-18(7-9-19)22(26)10-11-23(27)25-15-14-24-13-12-17-4-2-3-5-20(17)21(24)16-25/h2-9,21H,10-16H2,1H3. The number of nitrogens with zero attached hydrogens (tertiary/aromatic N) is 2. The number of Topliss-reactive ketones (excluding diaryl/α,β-unsaturated/α-hetero) is 1. The van der Waals surface area contributed by atoms with Crippen LogP contribution in [0.5, 0.6) is 5.75 Å². The number of carbonyl (C=O) groups is 2. The summed E-state index contributed by atoms with van der Waals surface area (Å²) in [5, 5.41) is 0. The maximum atomic E-state index is 12.8. The van der Waals surface area contributed by atoms with Crippen molar-refractivity contribution in [1.82, 2.24) is 9.80 Å². The van der Waals surface area contributed by atoms with Crippen LogP contribution < -0.4 is 4.74 Å². The van der Waals surface area contributed by atoms with Gasteiger partial charge in [0.1, 0.15) is 5.75 Å². The molecule has 1 fully saturated rings.